The summed E-state index contributed by atoms with van der Waals surface area (Å²) in [6.45, 7) is 24.1. The van der Waals surface area contributed by atoms with E-state index < -0.39 is 26.5 Å². The van der Waals surface area contributed by atoms with Crippen LogP contribution in [0.1, 0.15) is 88.0 Å². The van der Waals surface area contributed by atoms with Gasteiger partial charge in [-0.05, 0) is 97.3 Å². The summed E-state index contributed by atoms with van der Waals surface area (Å²) < 4.78 is 47.9. The third-order valence-electron chi connectivity index (χ3n) is 10.4. The predicted molar refractivity (Wildman–Crippen MR) is 198 cm³/mol. The van der Waals surface area contributed by atoms with Gasteiger partial charge >= 0.3 is 5.97 Å². The Morgan fingerprint density at radius 2 is 1.60 bits per heavy atom. The number of tetrazole rings is 1. The molecule has 0 spiro atoms. The van der Waals surface area contributed by atoms with Crippen LogP contribution in [0.4, 0.5) is 0 Å². The number of hydrogen-bond donors (Lipinski definition) is 0. The van der Waals surface area contributed by atoms with Crippen molar-refractivity contribution in [3.05, 3.63) is 42.0 Å². The highest BCUT2D eigenvalue weighted by molar-refractivity contribution is 7.91. The minimum Gasteiger partial charge on any atom is -0.466 e. The maximum atomic E-state index is 13.6. The molecule has 0 amide bonds. The number of aromatic nitrogens is 4. The lowest BCUT2D eigenvalue weighted by Gasteiger charge is -2.45. The Hall–Kier alpha value is -2.20. The Labute approximate surface area is 292 Å². The van der Waals surface area contributed by atoms with Gasteiger partial charge in [0.25, 0.3) is 5.16 Å². The molecule has 2 aromatic rings. The zero-order chi connectivity index (χ0) is 36.3. The average molecular weight is 723 g/mol. The van der Waals surface area contributed by atoms with Gasteiger partial charge in [0.05, 0.1) is 30.8 Å². The molecule has 1 aromatic heterocycles. The van der Waals surface area contributed by atoms with E-state index in [1.807, 2.05) is 24.3 Å². The van der Waals surface area contributed by atoms with Gasteiger partial charge in [0.15, 0.2) is 16.6 Å². The van der Waals surface area contributed by atoms with Crippen molar-refractivity contribution in [3.63, 3.8) is 0 Å². The number of carbonyl (C=O) groups excluding carboxylic acids is 1. The number of esters is 1. The quantitative estimate of drug-likeness (QED) is 0.0757. The van der Waals surface area contributed by atoms with Gasteiger partial charge < -0.3 is 13.6 Å². The van der Waals surface area contributed by atoms with E-state index in [1.165, 1.54) is 11.8 Å². The van der Waals surface area contributed by atoms with Gasteiger partial charge in [-0.2, -0.15) is 4.68 Å². The van der Waals surface area contributed by atoms with Crippen molar-refractivity contribution in [1.29, 1.82) is 0 Å². The number of para-hydroxylation sites is 1. The van der Waals surface area contributed by atoms with Gasteiger partial charge in [-0.3, -0.25) is 0 Å². The molecule has 4 atom stereocenters. The monoisotopic (exact) mass is 722 g/mol. The molecule has 10 nitrogen and oxygen atoms in total. The minimum absolute atomic E-state index is 0.00803. The zero-order valence-corrected chi connectivity index (χ0v) is 34.4. The van der Waals surface area contributed by atoms with Crippen LogP contribution in [0, 0.1) is 11.8 Å². The van der Waals surface area contributed by atoms with Gasteiger partial charge in [0.2, 0.25) is 9.84 Å². The molecule has 1 aromatic carbocycles. The number of carbonyl (C=O) groups is 1. The summed E-state index contributed by atoms with van der Waals surface area (Å²) in [5, 5.41) is 11.4. The van der Waals surface area contributed by atoms with Gasteiger partial charge in [-0.15, -0.1) is 0 Å². The summed E-state index contributed by atoms with van der Waals surface area (Å²) >= 11 is 0. The van der Waals surface area contributed by atoms with Crippen LogP contribution < -0.4 is 0 Å². The molecule has 0 aliphatic heterocycles. The molecule has 0 saturated heterocycles. The van der Waals surface area contributed by atoms with Crippen LogP contribution in [0.25, 0.3) is 5.69 Å². The van der Waals surface area contributed by atoms with Gasteiger partial charge in [-0.1, -0.05) is 84.8 Å². The fraction of sp³-hybridized carbons (Fsp3) is 0.714. The smallest absolute Gasteiger partial charge is 0.333 e. The van der Waals surface area contributed by atoms with Crippen LogP contribution in [0.3, 0.4) is 0 Å². The van der Waals surface area contributed by atoms with Crippen LogP contribution in [0.15, 0.2) is 47.1 Å². The van der Waals surface area contributed by atoms with Crippen LogP contribution in [0.5, 0.6) is 0 Å². The van der Waals surface area contributed by atoms with E-state index in [2.05, 4.69) is 84.0 Å². The van der Waals surface area contributed by atoms with Crippen LogP contribution in [-0.4, -0.2) is 76.3 Å². The number of rotatable bonds is 20. The van der Waals surface area contributed by atoms with Crippen molar-refractivity contribution < 1.29 is 26.8 Å². The Morgan fingerprint density at radius 3 is 2.15 bits per heavy atom. The van der Waals surface area contributed by atoms with E-state index in [0.717, 1.165) is 31.0 Å². The highest BCUT2D eigenvalue weighted by Gasteiger charge is 2.44. The molecule has 0 saturated carbocycles. The molecule has 48 heavy (non-hydrogen) atoms. The van der Waals surface area contributed by atoms with E-state index in [9.17, 15) is 13.2 Å². The largest absolute Gasteiger partial charge is 0.466 e. The zero-order valence-electron chi connectivity index (χ0n) is 31.6. The molecule has 272 valence electrons. The van der Waals surface area contributed by atoms with Crippen molar-refractivity contribution in [1.82, 2.24) is 20.2 Å². The number of allylic oxidation sites excluding steroid dienone is 1. The highest BCUT2D eigenvalue weighted by atomic mass is 32.2. The van der Waals surface area contributed by atoms with E-state index in [4.69, 9.17) is 13.6 Å². The molecule has 0 fully saturated rings. The minimum atomic E-state index is -3.78. The van der Waals surface area contributed by atoms with Crippen molar-refractivity contribution in [3.8, 4) is 5.69 Å². The van der Waals surface area contributed by atoms with E-state index in [-0.39, 0.29) is 46.0 Å². The second kappa shape index (κ2) is 18.2. The molecule has 2 rings (SSSR count). The number of benzene rings is 1. The molecule has 0 N–H and O–H groups in total. The second-order valence-corrected chi connectivity index (χ2v) is 26.2. The van der Waals surface area contributed by atoms with Gasteiger partial charge in [-0.25, -0.2) is 13.2 Å². The second-order valence-electron chi connectivity index (χ2n) is 14.7. The molecule has 13 heteroatoms. The Bertz CT molecular complexity index is 1410. The maximum absolute atomic E-state index is 13.6. The summed E-state index contributed by atoms with van der Waals surface area (Å²) in [4.78, 5) is 12.0. The summed E-state index contributed by atoms with van der Waals surface area (Å²) in [6, 6.07) is 12.1. The summed E-state index contributed by atoms with van der Waals surface area (Å²) in [5.74, 6) is -0.217. The topological polar surface area (TPSA) is 123 Å². The Kier molecular flexibility index (Phi) is 15.9. The van der Waals surface area contributed by atoms with Gasteiger partial charge in [0.1, 0.15) is 0 Å². The number of methoxy groups -OCH3 is 1. The van der Waals surface area contributed by atoms with Crippen LogP contribution >= 0.6 is 0 Å². The lowest BCUT2D eigenvalue weighted by molar-refractivity contribution is -0.136. The van der Waals surface area contributed by atoms with Crippen molar-refractivity contribution in [2.45, 2.75) is 142 Å². The standard InChI is InChI=1S/C35H62N4O6SSi2/c1-13-48(14-2,15-3)45-32(27(4)21-19-22-28(5)33(40)43-10)29(6)31(44-47(11,12)35(7,8)9)25-20-26-46(41,42)34-36-37-38-39(34)30-23-17-16-18-24-30/h16-18,22-24,27,29,31-32H,13-15,19-21,25-26H2,1-12H3/b28-22+/t27-,29-,31-,32+/m0/s1. The summed E-state index contributed by atoms with van der Waals surface area (Å²) in [7, 11) is -6.65. The normalized spacial score (nSPS) is 16.0. The molecular formula is C35H62N4O6SSi2. The Morgan fingerprint density at radius 1 is 1.00 bits per heavy atom. The van der Waals surface area contributed by atoms with E-state index in [0.29, 0.717) is 24.1 Å². The molecule has 1 heterocycles. The molecule has 0 unspecified atom stereocenters. The van der Waals surface area contributed by atoms with Crippen molar-refractivity contribution >= 4 is 32.4 Å². The average Bonchev–Trinajstić information content (AvgIpc) is 3.56. The summed E-state index contributed by atoms with van der Waals surface area (Å²) in [6.07, 6.45) is 4.19. The third kappa shape index (κ3) is 11.2. The van der Waals surface area contributed by atoms with Crippen LogP contribution in [0.2, 0.25) is 36.3 Å². The number of sulfone groups is 1. The predicted octanol–water partition coefficient (Wildman–Crippen LogP) is 8.17. The first-order chi connectivity index (χ1) is 22.4. The molecular weight excluding hydrogens is 661 g/mol. The van der Waals surface area contributed by atoms with Crippen LogP contribution in [-0.2, 0) is 28.2 Å². The first kappa shape index (κ1) is 42.0. The first-order valence-electron chi connectivity index (χ1n) is 17.6. The number of nitrogens with zero attached hydrogens (tertiary/aromatic N) is 4. The maximum Gasteiger partial charge on any atom is 0.333 e. The third-order valence-corrected chi connectivity index (χ3v) is 21.2. The van der Waals surface area contributed by atoms with Crippen molar-refractivity contribution in [2.24, 2.45) is 11.8 Å². The van der Waals surface area contributed by atoms with Gasteiger partial charge in [0, 0.05) is 11.5 Å². The van der Waals surface area contributed by atoms with E-state index >= 15 is 0 Å². The number of ether oxygens (including phenoxy) is 1. The van der Waals surface area contributed by atoms with Crippen molar-refractivity contribution in [2.75, 3.05) is 12.9 Å². The number of hydrogen-bond acceptors (Lipinski definition) is 9. The Balaban J connectivity index is 2.43. The highest BCUT2D eigenvalue weighted by Crippen LogP contribution is 2.41. The van der Waals surface area contributed by atoms with E-state index in [1.54, 1.807) is 19.1 Å². The molecule has 0 aliphatic rings. The lowest BCUT2D eigenvalue weighted by atomic mass is 9.85. The lowest BCUT2D eigenvalue weighted by Crippen LogP contribution is -2.51. The molecule has 0 radical (unpaired) electrons. The fourth-order valence-electron chi connectivity index (χ4n) is 5.87. The molecule has 0 bridgehead atoms. The summed E-state index contributed by atoms with van der Waals surface area (Å²) in [5.41, 5.74) is 1.20. The SMILES string of the molecule is CC[Si](CC)(CC)O[C@@H]([C@@H](C)[C@H](CCCS(=O)(=O)c1nnnn1-c1ccccc1)O[Si](C)(C)C(C)(C)C)[C@@H](C)CC/C=C(\C)C(=O)OC. The molecule has 0 aliphatic carbocycles. The first-order valence-corrected chi connectivity index (χ1v) is 24.6. The fourth-order valence-corrected chi connectivity index (χ4v) is 11.6.